The third kappa shape index (κ3) is 2.08. The zero-order valence-corrected chi connectivity index (χ0v) is 6.68. The van der Waals surface area contributed by atoms with Gasteiger partial charge in [0.1, 0.15) is 0 Å². The number of nitrogens with two attached hydrogens (primary N) is 2. The third-order valence-corrected chi connectivity index (χ3v) is 1.22. The number of nitrogens with zero attached hydrogens (tertiary/aromatic N) is 4. The Morgan fingerprint density at radius 3 is 2.92 bits per heavy atom. The van der Waals surface area contributed by atoms with Crippen LogP contribution >= 0.6 is 0 Å². The Bertz CT molecular complexity index is 306. The van der Waals surface area contributed by atoms with E-state index in [2.05, 4.69) is 15.2 Å². The van der Waals surface area contributed by atoms with Crippen LogP contribution in [0.25, 0.3) is 0 Å². The summed E-state index contributed by atoms with van der Waals surface area (Å²) in [6.45, 7) is 0. The van der Waals surface area contributed by atoms with E-state index in [1.165, 1.54) is 6.21 Å². The Morgan fingerprint density at radius 1 is 1.67 bits per heavy atom. The third-order valence-electron chi connectivity index (χ3n) is 1.22. The maximum absolute atomic E-state index is 5.06. The summed E-state index contributed by atoms with van der Waals surface area (Å²) in [5, 5.41) is 7.07. The van der Waals surface area contributed by atoms with E-state index in [1.54, 1.807) is 17.1 Å². The second-order valence-electron chi connectivity index (χ2n) is 2.20. The van der Waals surface area contributed by atoms with Crippen molar-refractivity contribution in [2.24, 2.45) is 28.7 Å². The lowest BCUT2D eigenvalue weighted by Crippen LogP contribution is -2.21. The molecule has 64 valence electrons. The zero-order valence-electron chi connectivity index (χ0n) is 6.68. The summed E-state index contributed by atoms with van der Waals surface area (Å²) in [4.78, 5) is 3.88. The highest BCUT2D eigenvalue weighted by atomic mass is 15.3. The predicted molar refractivity (Wildman–Crippen MR) is 46.6 cm³/mol. The Balaban J connectivity index is 2.70. The van der Waals surface area contributed by atoms with Crippen molar-refractivity contribution >= 4 is 12.2 Å². The molecule has 1 aromatic heterocycles. The monoisotopic (exact) mass is 166 g/mol. The minimum Gasteiger partial charge on any atom is -0.369 e. The van der Waals surface area contributed by atoms with Crippen LogP contribution in [0.2, 0.25) is 0 Å². The molecule has 0 unspecified atom stereocenters. The van der Waals surface area contributed by atoms with E-state index in [0.717, 1.165) is 5.69 Å². The molecular weight excluding hydrogens is 156 g/mol. The standard InChI is InChI=1S/C6H10N6/c1-12-4-9-2-5(12)3-10-11-6(7)8/h2-4H,1H3,(H4,7,8,11). The Hall–Kier alpha value is -1.85. The number of aromatic nitrogens is 2. The van der Waals surface area contributed by atoms with Crippen LogP contribution in [-0.2, 0) is 7.05 Å². The lowest BCUT2D eigenvalue weighted by Gasteiger charge is -1.90. The van der Waals surface area contributed by atoms with Gasteiger partial charge in [-0.25, -0.2) is 4.98 Å². The molecule has 0 saturated carbocycles. The van der Waals surface area contributed by atoms with E-state index in [4.69, 9.17) is 11.5 Å². The van der Waals surface area contributed by atoms with Gasteiger partial charge in [-0.05, 0) is 0 Å². The van der Waals surface area contributed by atoms with Crippen molar-refractivity contribution in [2.45, 2.75) is 0 Å². The molecule has 0 radical (unpaired) electrons. The van der Waals surface area contributed by atoms with Gasteiger partial charge in [-0.1, -0.05) is 0 Å². The van der Waals surface area contributed by atoms with Gasteiger partial charge in [-0.2, -0.15) is 5.10 Å². The normalized spacial score (nSPS) is 10.4. The second kappa shape index (κ2) is 3.51. The number of hydrogen-bond acceptors (Lipinski definition) is 3. The predicted octanol–water partition coefficient (Wildman–Crippen LogP) is -0.973. The molecular formula is C6H10N6. The molecule has 0 aliphatic rings. The van der Waals surface area contributed by atoms with Crippen LogP contribution in [0.5, 0.6) is 0 Å². The highest BCUT2D eigenvalue weighted by Gasteiger charge is 1.90. The number of rotatable bonds is 2. The molecule has 0 amide bonds. The van der Waals surface area contributed by atoms with Crippen LogP contribution in [-0.4, -0.2) is 21.7 Å². The molecule has 0 aliphatic carbocycles. The minimum absolute atomic E-state index is 0.0616. The summed E-state index contributed by atoms with van der Waals surface area (Å²) in [5.74, 6) is -0.0616. The number of aryl methyl sites for hydroxylation is 1. The fraction of sp³-hybridized carbons (Fsp3) is 0.167. The number of hydrogen-bond donors (Lipinski definition) is 2. The van der Waals surface area contributed by atoms with Gasteiger partial charge < -0.3 is 16.0 Å². The number of imidazole rings is 1. The van der Waals surface area contributed by atoms with Crippen LogP contribution in [0, 0.1) is 0 Å². The SMILES string of the molecule is Cn1cncc1C=NN=C(N)N. The molecule has 1 aromatic rings. The van der Waals surface area contributed by atoms with E-state index in [-0.39, 0.29) is 5.96 Å². The second-order valence-corrected chi connectivity index (χ2v) is 2.20. The van der Waals surface area contributed by atoms with Gasteiger partial charge in [0.25, 0.3) is 0 Å². The molecule has 12 heavy (non-hydrogen) atoms. The summed E-state index contributed by atoms with van der Waals surface area (Å²) in [5.41, 5.74) is 11.0. The van der Waals surface area contributed by atoms with Crippen molar-refractivity contribution in [1.82, 2.24) is 9.55 Å². The van der Waals surface area contributed by atoms with Gasteiger partial charge in [0.15, 0.2) is 0 Å². The molecule has 0 spiro atoms. The molecule has 6 heteroatoms. The van der Waals surface area contributed by atoms with Crippen LogP contribution in [0.4, 0.5) is 0 Å². The van der Waals surface area contributed by atoms with E-state index >= 15 is 0 Å². The summed E-state index contributed by atoms with van der Waals surface area (Å²) in [6, 6.07) is 0. The Labute approximate surface area is 69.6 Å². The quantitative estimate of drug-likeness (QED) is 0.336. The topological polar surface area (TPSA) is 94.6 Å². The fourth-order valence-corrected chi connectivity index (χ4v) is 0.647. The first-order valence-corrected chi connectivity index (χ1v) is 3.28. The first kappa shape index (κ1) is 8.25. The molecule has 4 N–H and O–H groups in total. The van der Waals surface area contributed by atoms with Crippen molar-refractivity contribution in [3.8, 4) is 0 Å². The molecule has 0 aromatic carbocycles. The van der Waals surface area contributed by atoms with Crippen LogP contribution in [0.1, 0.15) is 5.69 Å². The highest BCUT2D eigenvalue weighted by molar-refractivity contribution is 5.79. The van der Waals surface area contributed by atoms with Gasteiger partial charge in [-0.3, -0.25) is 0 Å². The summed E-state index contributed by atoms with van der Waals surface area (Å²) >= 11 is 0. The minimum atomic E-state index is -0.0616. The van der Waals surface area contributed by atoms with Crippen molar-refractivity contribution < 1.29 is 0 Å². The summed E-state index contributed by atoms with van der Waals surface area (Å²) in [7, 11) is 1.85. The fourth-order valence-electron chi connectivity index (χ4n) is 0.647. The molecule has 0 atom stereocenters. The molecule has 0 bridgehead atoms. The maximum atomic E-state index is 5.06. The first-order chi connectivity index (χ1) is 5.70. The van der Waals surface area contributed by atoms with Gasteiger partial charge in [0.2, 0.25) is 5.96 Å². The summed E-state index contributed by atoms with van der Waals surface area (Å²) in [6.07, 6.45) is 4.84. The molecule has 1 rings (SSSR count). The van der Waals surface area contributed by atoms with Gasteiger partial charge >= 0.3 is 0 Å². The van der Waals surface area contributed by atoms with E-state index in [9.17, 15) is 0 Å². The molecule has 0 saturated heterocycles. The maximum Gasteiger partial charge on any atom is 0.211 e. The van der Waals surface area contributed by atoms with Crippen LogP contribution in [0.15, 0.2) is 22.7 Å². The molecule has 0 fully saturated rings. The Morgan fingerprint density at radius 2 is 2.42 bits per heavy atom. The lowest BCUT2D eigenvalue weighted by atomic mass is 10.5. The first-order valence-electron chi connectivity index (χ1n) is 3.28. The molecule has 0 aliphatic heterocycles. The lowest BCUT2D eigenvalue weighted by molar-refractivity contribution is 0.904. The van der Waals surface area contributed by atoms with Crippen molar-refractivity contribution in [1.29, 1.82) is 0 Å². The Kier molecular flexibility index (Phi) is 2.42. The van der Waals surface area contributed by atoms with Gasteiger partial charge in [0, 0.05) is 7.05 Å². The van der Waals surface area contributed by atoms with Crippen LogP contribution < -0.4 is 11.5 Å². The van der Waals surface area contributed by atoms with Crippen molar-refractivity contribution in [3.05, 3.63) is 18.2 Å². The van der Waals surface area contributed by atoms with Gasteiger partial charge in [-0.15, -0.1) is 5.10 Å². The van der Waals surface area contributed by atoms with Crippen LogP contribution in [0.3, 0.4) is 0 Å². The van der Waals surface area contributed by atoms with E-state index in [1.807, 2.05) is 7.05 Å². The number of guanidine groups is 1. The molecule has 6 nitrogen and oxygen atoms in total. The average molecular weight is 166 g/mol. The summed E-state index contributed by atoms with van der Waals surface area (Å²) < 4.78 is 1.80. The smallest absolute Gasteiger partial charge is 0.211 e. The molecule has 1 heterocycles. The van der Waals surface area contributed by atoms with E-state index < -0.39 is 0 Å². The average Bonchev–Trinajstić information content (AvgIpc) is 2.36. The van der Waals surface area contributed by atoms with E-state index in [0.29, 0.717) is 0 Å². The van der Waals surface area contributed by atoms with Crippen molar-refractivity contribution in [2.75, 3.05) is 0 Å². The van der Waals surface area contributed by atoms with Gasteiger partial charge in [0.05, 0.1) is 24.4 Å². The highest BCUT2D eigenvalue weighted by Crippen LogP contribution is 1.90. The van der Waals surface area contributed by atoms with Crippen molar-refractivity contribution in [3.63, 3.8) is 0 Å². The largest absolute Gasteiger partial charge is 0.369 e. The zero-order chi connectivity index (χ0) is 8.97.